The average molecular weight is 298 g/mol. The average Bonchev–Trinajstić information content (AvgIpc) is 2.83. The molecule has 2 heterocycles. The molecule has 22 heavy (non-hydrogen) atoms. The van der Waals surface area contributed by atoms with Crippen molar-refractivity contribution in [1.29, 1.82) is 0 Å². The van der Waals surface area contributed by atoms with Crippen LogP contribution in [0.1, 0.15) is 25.0 Å². The van der Waals surface area contributed by atoms with E-state index in [1.54, 1.807) is 11.1 Å². The van der Waals surface area contributed by atoms with Gasteiger partial charge in [0.2, 0.25) is 5.91 Å². The standard InChI is InChI=1S/C17H22N4O/c1-21(17(22)13-5-4-9-18-10-8-13)12-14-11-19-15-6-2-3-7-16(15)20-14/h2-3,6-7,11,13,18H,4-5,8-10,12H2,1H3/t13-/m1/s1. The van der Waals surface area contributed by atoms with Gasteiger partial charge >= 0.3 is 0 Å². The molecular weight excluding hydrogens is 276 g/mol. The summed E-state index contributed by atoms with van der Waals surface area (Å²) in [5, 5.41) is 3.35. The predicted octanol–water partition coefficient (Wildman–Crippen LogP) is 1.98. The highest BCUT2D eigenvalue weighted by Crippen LogP contribution is 2.17. The van der Waals surface area contributed by atoms with Crippen molar-refractivity contribution in [2.75, 3.05) is 20.1 Å². The lowest BCUT2D eigenvalue weighted by atomic mass is 9.99. The molecule has 116 valence electrons. The number of rotatable bonds is 3. The summed E-state index contributed by atoms with van der Waals surface area (Å²) in [5.74, 6) is 0.354. The van der Waals surface area contributed by atoms with Gasteiger partial charge in [-0.25, -0.2) is 4.98 Å². The number of carbonyl (C=O) groups is 1. The molecule has 1 aliphatic rings. The maximum absolute atomic E-state index is 12.6. The lowest BCUT2D eigenvalue weighted by molar-refractivity contribution is -0.135. The number of para-hydroxylation sites is 2. The van der Waals surface area contributed by atoms with Crippen LogP contribution < -0.4 is 5.32 Å². The van der Waals surface area contributed by atoms with Gasteiger partial charge in [-0.05, 0) is 44.5 Å². The molecule has 1 fully saturated rings. The van der Waals surface area contributed by atoms with E-state index in [4.69, 9.17) is 0 Å². The normalized spacial score (nSPS) is 18.9. The van der Waals surface area contributed by atoms with Gasteiger partial charge < -0.3 is 10.2 Å². The zero-order chi connectivity index (χ0) is 15.4. The molecule has 0 aliphatic carbocycles. The van der Waals surface area contributed by atoms with Crippen molar-refractivity contribution in [3.8, 4) is 0 Å². The Kier molecular flexibility index (Phi) is 4.63. The molecule has 1 aromatic carbocycles. The van der Waals surface area contributed by atoms with E-state index in [0.717, 1.165) is 49.1 Å². The fourth-order valence-corrected chi connectivity index (χ4v) is 2.97. The zero-order valence-electron chi connectivity index (χ0n) is 13.0. The highest BCUT2D eigenvalue weighted by molar-refractivity contribution is 5.78. The van der Waals surface area contributed by atoms with E-state index in [1.165, 1.54) is 0 Å². The van der Waals surface area contributed by atoms with Crippen molar-refractivity contribution >= 4 is 16.9 Å². The highest BCUT2D eigenvalue weighted by atomic mass is 16.2. The van der Waals surface area contributed by atoms with Crippen molar-refractivity contribution in [2.24, 2.45) is 5.92 Å². The van der Waals surface area contributed by atoms with Crippen LogP contribution in [-0.4, -0.2) is 40.9 Å². The number of benzene rings is 1. The first-order valence-electron chi connectivity index (χ1n) is 7.90. The second-order valence-electron chi connectivity index (χ2n) is 5.92. The van der Waals surface area contributed by atoms with E-state index in [9.17, 15) is 4.79 Å². The van der Waals surface area contributed by atoms with Crippen LogP contribution in [-0.2, 0) is 11.3 Å². The number of hydrogen-bond acceptors (Lipinski definition) is 4. The maximum atomic E-state index is 12.6. The Labute approximate surface area is 130 Å². The van der Waals surface area contributed by atoms with E-state index >= 15 is 0 Å². The summed E-state index contributed by atoms with van der Waals surface area (Å²) in [4.78, 5) is 23.4. The van der Waals surface area contributed by atoms with Crippen LogP contribution in [0.25, 0.3) is 11.0 Å². The molecule has 0 spiro atoms. The first-order valence-corrected chi connectivity index (χ1v) is 7.90. The van der Waals surface area contributed by atoms with Crippen molar-refractivity contribution in [3.63, 3.8) is 0 Å². The summed E-state index contributed by atoms with van der Waals surface area (Å²) in [6, 6.07) is 7.80. The van der Waals surface area contributed by atoms with E-state index in [2.05, 4.69) is 15.3 Å². The van der Waals surface area contributed by atoms with Crippen molar-refractivity contribution in [1.82, 2.24) is 20.2 Å². The number of hydrogen-bond donors (Lipinski definition) is 1. The lowest BCUT2D eigenvalue weighted by Gasteiger charge is -2.22. The summed E-state index contributed by atoms with van der Waals surface area (Å²) in [7, 11) is 1.86. The Morgan fingerprint density at radius 3 is 2.95 bits per heavy atom. The monoisotopic (exact) mass is 298 g/mol. The Bertz CT molecular complexity index is 650. The van der Waals surface area contributed by atoms with Gasteiger partial charge in [0.25, 0.3) is 0 Å². The number of aromatic nitrogens is 2. The summed E-state index contributed by atoms with van der Waals surface area (Å²) in [6.45, 7) is 2.46. The molecule has 1 amide bonds. The van der Waals surface area contributed by atoms with E-state index in [-0.39, 0.29) is 11.8 Å². The molecule has 5 nitrogen and oxygen atoms in total. The molecule has 2 aromatic rings. The van der Waals surface area contributed by atoms with Crippen LogP contribution >= 0.6 is 0 Å². The third-order valence-electron chi connectivity index (χ3n) is 4.20. The predicted molar refractivity (Wildman–Crippen MR) is 86.2 cm³/mol. The number of nitrogens with zero attached hydrogens (tertiary/aromatic N) is 3. The SMILES string of the molecule is CN(Cc1cnc2ccccc2n1)C(=O)[C@@H]1CCCNCC1. The van der Waals surface area contributed by atoms with Gasteiger partial charge in [-0.1, -0.05) is 12.1 Å². The zero-order valence-corrected chi connectivity index (χ0v) is 13.0. The minimum Gasteiger partial charge on any atom is -0.340 e. The quantitative estimate of drug-likeness (QED) is 0.941. The van der Waals surface area contributed by atoms with Crippen LogP contribution in [0.4, 0.5) is 0 Å². The molecule has 0 saturated carbocycles. The summed E-state index contributed by atoms with van der Waals surface area (Å²) in [6.07, 6.45) is 4.73. The summed E-state index contributed by atoms with van der Waals surface area (Å²) < 4.78 is 0. The number of carbonyl (C=O) groups excluding carboxylic acids is 1. The highest BCUT2D eigenvalue weighted by Gasteiger charge is 2.23. The van der Waals surface area contributed by atoms with Gasteiger partial charge in [-0.2, -0.15) is 0 Å². The van der Waals surface area contributed by atoms with Gasteiger partial charge in [-0.3, -0.25) is 9.78 Å². The molecule has 0 bridgehead atoms. The maximum Gasteiger partial charge on any atom is 0.225 e. The van der Waals surface area contributed by atoms with Gasteiger partial charge in [-0.15, -0.1) is 0 Å². The molecule has 1 aliphatic heterocycles. The lowest BCUT2D eigenvalue weighted by Crippen LogP contribution is -2.33. The molecule has 1 atom stereocenters. The van der Waals surface area contributed by atoms with E-state index in [1.807, 2.05) is 31.3 Å². The smallest absolute Gasteiger partial charge is 0.225 e. The second kappa shape index (κ2) is 6.83. The van der Waals surface area contributed by atoms with Gasteiger partial charge in [0.05, 0.1) is 29.5 Å². The van der Waals surface area contributed by atoms with Crippen LogP contribution in [0.2, 0.25) is 0 Å². The van der Waals surface area contributed by atoms with Crippen LogP contribution in [0.15, 0.2) is 30.5 Å². The minimum absolute atomic E-state index is 0.133. The minimum atomic E-state index is 0.133. The van der Waals surface area contributed by atoms with Gasteiger partial charge in [0.1, 0.15) is 0 Å². The van der Waals surface area contributed by atoms with Crippen LogP contribution in [0.5, 0.6) is 0 Å². The Morgan fingerprint density at radius 2 is 2.09 bits per heavy atom. The first kappa shape index (κ1) is 14.9. The largest absolute Gasteiger partial charge is 0.340 e. The molecule has 5 heteroatoms. The van der Waals surface area contributed by atoms with Crippen molar-refractivity contribution < 1.29 is 4.79 Å². The van der Waals surface area contributed by atoms with E-state index < -0.39 is 0 Å². The molecular formula is C17H22N4O. The van der Waals surface area contributed by atoms with Gasteiger partial charge in [0.15, 0.2) is 0 Å². The molecule has 1 aromatic heterocycles. The number of nitrogens with one attached hydrogen (secondary N) is 1. The summed E-state index contributed by atoms with van der Waals surface area (Å²) >= 11 is 0. The number of amides is 1. The van der Waals surface area contributed by atoms with Crippen LogP contribution in [0, 0.1) is 5.92 Å². The molecule has 1 N–H and O–H groups in total. The van der Waals surface area contributed by atoms with Crippen molar-refractivity contribution in [3.05, 3.63) is 36.2 Å². The first-order chi connectivity index (χ1) is 10.7. The second-order valence-corrected chi connectivity index (χ2v) is 5.92. The molecule has 1 saturated heterocycles. The molecule has 0 radical (unpaired) electrons. The third-order valence-corrected chi connectivity index (χ3v) is 4.20. The fourth-order valence-electron chi connectivity index (χ4n) is 2.97. The fraction of sp³-hybridized carbons (Fsp3) is 0.471. The Morgan fingerprint density at radius 1 is 1.27 bits per heavy atom. The Balaban J connectivity index is 1.68. The van der Waals surface area contributed by atoms with E-state index in [0.29, 0.717) is 6.54 Å². The van der Waals surface area contributed by atoms with Crippen LogP contribution in [0.3, 0.4) is 0 Å². The van der Waals surface area contributed by atoms with Gasteiger partial charge in [0, 0.05) is 13.0 Å². The third kappa shape index (κ3) is 3.42. The topological polar surface area (TPSA) is 58.1 Å². The summed E-state index contributed by atoms with van der Waals surface area (Å²) in [5.41, 5.74) is 2.59. The Hall–Kier alpha value is -2.01. The number of fused-ring (bicyclic) bond motifs is 1. The molecule has 0 unspecified atom stereocenters. The van der Waals surface area contributed by atoms with Crippen molar-refractivity contribution in [2.45, 2.75) is 25.8 Å². The molecule has 3 rings (SSSR count).